The molecular weight excluding hydrogens is 465 g/mol. The predicted octanol–water partition coefficient (Wildman–Crippen LogP) is 7.04. The van der Waals surface area contributed by atoms with Gasteiger partial charge in [0.2, 0.25) is 5.91 Å². The van der Waals surface area contributed by atoms with Gasteiger partial charge in [-0.15, -0.1) is 11.3 Å². The van der Waals surface area contributed by atoms with Gasteiger partial charge in [-0.05, 0) is 66.1 Å². The topological polar surface area (TPSA) is 55.4 Å². The Morgan fingerprint density at radius 3 is 2.56 bits per heavy atom. The Bertz CT molecular complexity index is 1220. The second-order valence-corrected chi connectivity index (χ2v) is 9.23. The number of amides is 1. The van der Waals surface area contributed by atoms with Crippen LogP contribution in [0.4, 0.5) is 5.00 Å². The van der Waals surface area contributed by atoms with Crippen molar-refractivity contribution in [3.8, 4) is 11.1 Å². The number of halogens is 2. The van der Waals surface area contributed by atoms with Gasteiger partial charge < -0.3 is 10.1 Å². The molecule has 0 radical (unpaired) electrons. The largest absolute Gasteiger partial charge is 0.465 e. The number of nitrogens with one attached hydrogen (secondary N) is 1. The molecule has 1 aliphatic carbocycles. The fourth-order valence-corrected chi connectivity index (χ4v) is 5.08. The molecular formula is C25H21Cl2NO3S. The van der Waals surface area contributed by atoms with Gasteiger partial charge in [0.25, 0.3) is 0 Å². The zero-order valence-electron chi connectivity index (χ0n) is 17.4. The third-order valence-electron chi connectivity index (χ3n) is 5.45. The van der Waals surface area contributed by atoms with E-state index in [4.69, 9.17) is 27.9 Å². The quantitative estimate of drug-likeness (QED) is 0.311. The lowest BCUT2D eigenvalue weighted by atomic mass is 9.89. The van der Waals surface area contributed by atoms with Crippen LogP contribution in [-0.2, 0) is 22.4 Å². The van der Waals surface area contributed by atoms with Crippen LogP contribution >= 0.6 is 34.5 Å². The average molecular weight is 486 g/mol. The van der Waals surface area contributed by atoms with Gasteiger partial charge in [-0.25, -0.2) is 4.79 Å². The maximum absolute atomic E-state index is 12.6. The number of hydrogen-bond donors (Lipinski definition) is 1. The molecule has 0 saturated heterocycles. The van der Waals surface area contributed by atoms with Crippen LogP contribution in [0.1, 0.15) is 39.9 Å². The van der Waals surface area contributed by atoms with E-state index in [-0.39, 0.29) is 5.91 Å². The van der Waals surface area contributed by atoms with Crippen molar-refractivity contribution in [3.05, 3.63) is 80.2 Å². The highest BCUT2D eigenvalue weighted by Crippen LogP contribution is 2.37. The normalized spacial score (nSPS) is 13.1. The molecule has 32 heavy (non-hydrogen) atoms. The lowest BCUT2D eigenvalue weighted by Crippen LogP contribution is -2.11. The van der Waals surface area contributed by atoms with Gasteiger partial charge in [-0.1, -0.05) is 47.5 Å². The molecule has 1 N–H and O–H groups in total. The van der Waals surface area contributed by atoms with Gasteiger partial charge in [0.05, 0.1) is 17.2 Å². The number of methoxy groups -OCH3 is 1. The highest BCUT2D eigenvalue weighted by Gasteiger charge is 2.23. The lowest BCUT2D eigenvalue weighted by molar-refractivity contribution is -0.111. The summed E-state index contributed by atoms with van der Waals surface area (Å²) in [4.78, 5) is 25.1. The number of rotatable bonds is 5. The molecule has 3 aromatic rings. The van der Waals surface area contributed by atoms with E-state index in [1.165, 1.54) is 48.5 Å². The number of anilines is 1. The molecule has 1 heterocycles. The van der Waals surface area contributed by atoms with Crippen LogP contribution in [0.25, 0.3) is 17.2 Å². The third-order valence-corrected chi connectivity index (χ3v) is 7.08. The fourth-order valence-electron chi connectivity index (χ4n) is 3.81. The third kappa shape index (κ3) is 4.90. The van der Waals surface area contributed by atoms with E-state index in [9.17, 15) is 9.59 Å². The highest BCUT2D eigenvalue weighted by molar-refractivity contribution is 7.15. The number of carbonyl (C=O) groups excluding carboxylic acids is 2. The molecule has 0 fully saturated rings. The van der Waals surface area contributed by atoms with Crippen LogP contribution in [0.3, 0.4) is 0 Å². The number of hydrogen-bond acceptors (Lipinski definition) is 4. The van der Waals surface area contributed by atoms with Gasteiger partial charge in [0.1, 0.15) is 10.6 Å². The van der Waals surface area contributed by atoms with Crippen molar-refractivity contribution >= 4 is 57.5 Å². The van der Waals surface area contributed by atoms with Crippen LogP contribution in [-0.4, -0.2) is 19.0 Å². The Kier molecular flexibility index (Phi) is 6.99. The summed E-state index contributed by atoms with van der Waals surface area (Å²) in [5.74, 6) is -0.845. The van der Waals surface area contributed by atoms with Crippen molar-refractivity contribution in [2.75, 3.05) is 12.4 Å². The minimum atomic E-state index is -0.484. The minimum Gasteiger partial charge on any atom is -0.465 e. The maximum Gasteiger partial charge on any atom is 0.341 e. The van der Waals surface area contributed by atoms with E-state index >= 15 is 0 Å². The van der Waals surface area contributed by atoms with E-state index in [2.05, 4.69) is 17.4 Å². The van der Waals surface area contributed by atoms with Gasteiger partial charge in [0.15, 0.2) is 0 Å². The Balaban J connectivity index is 1.60. The van der Waals surface area contributed by atoms with Crippen molar-refractivity contribution in [1.29, 1.82) is 0 Å². The molecule has 0 saturated carbocycles. The molecule has 4 nitrogen and oxygen atoms in total. The number of carbonyl (C=O) groups is 2. The molecule has 0 spiro atoms. The van der Waals surface area contributed by atoms with Crippen LogP contribution in [0.2, 0.25) is 10.0 Å². The first-order chi connectivity index (χ1) is 15.5. The van der Waals surface area contributed by atoms with Gasteiger partial charge in [-0.3, -0.25) is 4.79 Å². The lowest BCUT2D eigenvalue weighted by Gasteiger charge is -2.16. The number of ether oxygens (including phenoxy) is 1. The maximum atomic E-state index is 12.6. The van der Waals surface area contributed by atoms with Crippen molar-refractivity contribution in [2.45, 2.75) is 25.7 Å². The van der Waals surface area contributed by atoms with Crippen molar-refractivity contribution in [2.24, 2.45) is 0 Å². The van der Waals surface area contributed by atoms with Gasteiger partial charge >= 0.3 is 5.97 Å². The predicted molar refractivity (Wildman–Crippen MR) is 132 cm³/mol. The molecule has 4 rings (SSSR count). The summed E-state index contributed by atoms with van der Waals surface area (Å²) < 4.78 is 5.02. The number of benzene rings is 2. The molecule has 7 heteroatoms. The molecule has 1 aromatic heterocycles. The summed E-state index contributed by atoms with van der Waals surface area (Å²) in [6.07, 6.45) is 7.55. The van der Waals surface area contributed by atoms with Gasteiger partial charge in [0, 0.05) is 17.0 Å². The van der Waals surface area contributed by atoms with Gasteiger partial charge in [-0.2, -0.15) is 0 Å². The zero-order valence-corrected chi connectivity index (χ0v) is 19.7. The first-order valence-corrected chi connectivity index (χ1v) is 11.9. The van der Waals surface area contributed by atoms with E-state index in [0.29, 0.717) is 20.6 Å². The smallest absolute Gasteiger partial charge is 0.341 e. The summed E-state index contributed by atoms with van der Waals surface area (Å²) in [5, 5.41) is 6.00. The molecule has 164 valence electrons. The SMILES string of the molecule is COC(=O)c1c(-c2ccc3c(c2)CCCC3)csc1NC(=O)/C=C/c1ccc(Cl)c(Cl)c1. The van der Waals surface area contributed by atoms with E-state index in [0.717, 1.165) is 29.5 Å². The van der Waals surface area contributed by atoms with E-state index in [1.54, 1.807) is 24.3 Å². The first-order valence-electron chi connectivity index (χ1n) is 10.2. The van der Waals surface area contributed by atoms with Crippen molar-refractivity contribution in [3.63, 3.8) is 0 Å². The Hall–Kier alpha value is -2.60. The fraction of sp³-hybridized carbons (Fsp3) is 0.200. The average Bonchev–Trinajstić information content (AvgIpc) is 3.22. The molecule has 1 aliphatic rings. The monoisotopic (exact) mass is 485 g/mol. The minimum absolute atomic E-state index is 0.361. The molecule has 0 atom stereocenters. The summed E-state index contributed by atoms with van der Waals surface area (Å²) in [5.41, 5.74) is 5.52. The summed E-state index contributed by atoms with van der Waals surface area (Å²) in [7, 11) is 1.34. The molecule has 0 unspecified atom stereocenters. The number of fused-ring (bicyclic) bond motifs is 1. The summed E-state index contributed by atoms with van der Waals surface area (Å²) in [6, 6.07) is 11.4. The zero-order chi connectivity index (χ0) is 22.7. The molecule has 1 amide bonds. The Morgan fingerprint density at radius 1 is 1.03 bits per heavy atom. The number of esters is 1. The van der Waals surface area contributed by atoms with Crippen LogP contribution in [0.5, 0.6) is 0 Å². The van der Waals surface area contributed by atoms with Crippen molar-refractivity contribution in [1.82, 2.24) is 0 Å². The number of thiophene rings is 1. The second kappa shape index (κ2) is 9.90. The highest BCUT2D eigenvalue weighted by atomic mass is 35.5. The summed E-state index contributed by atoms with van der Waals surface area (Å²) >= 11 is 13.2. The Labute approximate surface area is 200 Å². The molecule has 0 aliphatic heterocycles. The van der Waals surface area contributed by atoms with Crippen LogP contribution < -0.4 is 5.32 Å². The second-order valence-electron chi connectivity index (χ2n) is 7.53. The van der Waals surface area contributed by atoms with E-state index in [1.807, 2.05) is 11.4 Å². The first kappa shape index (κ1) is 22.6. The summed E-state index contributed by atoms with van der Waals surface area (Å²) in [6.45, 7) is 0. The molecule has 2 aromatic carbocycles. The van der Waals surface area contributed by atoms with E-state index < -0.39 is 5.97 Å². The van der Waals surface area contributed by atoms with Crippen LogP contribution in [0, 0.1) is 0 Å². The molecule has 0 bridgehead atoms. The Morgan fingerprint density at radius 2 is 1.81 bits per heavy atom. The van der Waals surface area contributed by atoms with Crippen molar-refractivity contribution < 1.29 is 14.3 Å². The standard InChI is InChI=1S/C25H21Cl2NO3S/c1-31-25(30)23-19(18-9-8-16-4-2-3-5-17(16)13-18)14-32-24(23)28-22(29)11-7-15-6-10-20(26)21(27)12-15/h6-14H,2-5H2,1H3,(H,28,29)/b11-7+. The van der Waals surface area contributed by atoms with Crippen LogP contribution in [0.15, 0.2) is 47.9 Å². The number of aryl methyl sites for hydroxylation is 2.